The van der Waals surface area contributed by atoms with Crippen molar-refractivity contribution in [3.05, 3.63) is 131 Å². The number of benzene rings is 4. The summed E-state index contributed by atoms with van der Waals surface area (Å²) in [5, 5.41) is 1.37. The van der Waals surface area contributed by atoms with Gasteiger partial charge in [0.2, 0.25) is 20.0 Å². The van der Waals surface area contributed by atoms with Crippen LogP contribution in [-0.4, -0.2) is 66.1 Å². The molecule has 0 spiro atoms. The van der Waals surface area contributed by atoms with Crippen molar-refractivity contribution >= 4 is 48.9 Å². The van der Waals surface area contributed by atoms with E-state index in [1.54, 1.807) is 60.7 Å². The van der Waals surface area contributed by atoms with Crippen LogP contribution in [0.3, 0.4) is 0 Å². The molecule has 0 aliphatic rings. The van der Waals surface area contributed by atoms with Crippen LogP contribution in [-0.2, 0) is 37.9 Å². The Hall–Kier alpha value is -5.20. The summed E-state index contributed by atoms with van der Waals surface area (Å²) in [7, 11) is -7.23. The number of hydrogen-bond donors (Lipinski definition) is 2. The van der Waals surface area contributed by atoms with Crippen LogP contribution in [0.4, 0.5) is 33.3 Å². The van der Waals surface area contributed by atoms with Crippen LogP contribution in [0, 0.1) is 11.6 Å². The average molecular weight is 769 g/mol. The van der Waals surface area contributed by atoms with Crippen molar-refractivity contribution in [3.8, 4) is 0 Å². The number of halogens is 5. The highest BCUT2D eigenvalue weighted by molar-refractivity contribution is 7.92. The van der Waals surface area contributed by atoms with Crippen LogP contribution in [0.1, 0.15) is 31.8 Å². The Morgan fingerprint density at radius 1 is 0.654 bits per heavy atom. The number of hydrogen-bond acceptors (Lipinski definition) is 8. The standard InChI is InChI=1S/C18H16F4N2O4S.C16H17FN2O3S/c1-29(27,28)24(13-5-3-2-4-6-13)11-12-7-8-14(15(19)9-12)16(25)10-23-17(26)18(20,21)22;1-23(21,22)19(13-5-3-2-4-6-13)11-12-7-8-14(15(17)9-12)16(20)10-18/h2-9H,10-11H2,1H3,(H,23,26);2-9H,10-11,18H2,1H3. The van der Waals surface area contributed by atoms with Gasteiger partial charge in [0.15, 0.2) is 11.6 Å². The molecular formula is C34H33F5N4O7S2. The number of nitrogens with zero attached hydrogens (tertiary/aromatic N) is 2. The number of sulfonamides is 2. The minimum Gasteiger partial charge on any atom is -0.341 e. The zero-order valence-electron chi connectivity index (χ0n) is 27.6. The average Bonchev–Trinajstić information content (AvgIpc) is 3.07. The van der Waals surface area contributed by atoms with Crippen molar-refractivity contribution in [3.63, 3.8) is 0 Å². The fraction of sp³-hybridized carbons (Fsp3) is 0.206. The molecule has 0 radical (unpaired) electrons. The highest BCUT2D eigenvalue weighted by Gasteiger charge is 2.38. The molecule has 4 aromatic rings. The first-order valence-corrected chi connectivity index (χ1v) is 18.7. The Labute approximate surface area is 297 Å². The minimum atomic E-state index is -5.16. The Morgan fingerprint density at radius 2 is 1.04 bits per heavy atom. The van der Waals surface area contributed by atoms with Gasteiger partial charge in [0, 0.05) is 0 Å². The molecule has 0 bridgehead atoms. The number of amides is 1. The molecule has 0 fully saturated rings. The molecule has 0 aliphatic heterocycles. The molecule has 0 unspecified atom stereocenters. The van der Waals surface area contributed by atoms with Gasteiger partial charge in [0.05, 0.1) is 61.2 Å². The predicted molar refractivity (Wildman–Crippen MR) is 185 cm³/mol. The zero-order valence-corrected chi connectivity index (χ0v) is 29.2. The zero-order chi connectivity index (χ0) is 38.9. The molecule has 0 saturated heterocycles. The molecule has 0 atom stereocenters. The third-order valence-corrected chi connectivity index (χ3v) is 9.34. The van der Waals surface area contributed by atoms with E-state index in [-0.39, 0.29) is 30.8 Å². The van der Waals surface area contributed by atoms with Crippen LogP contribution < -0.4 is 19.7 Å². The maximum Gasteiger partial charge on any atom is 0.471 e. The van der Waals surface area contributed by atoms with Crippen molar-refractivity contribution in [1.29, 1.82) is 0 Å². The smallest absolute Gasteiger partial charge is 0.341 e. The van der Waals surface area contributed by atoms with Crippen LogP contribution in [0.15, 0.2) is 97.1 Å². The maximum atomic E-state index is 14.3. The number of nitrogens with one attached hydrogen (secondary N) is 1. The van der Waals surface area contributed by atoms with Gasteiger partial charge in [-0.2, -0.15) is 13.2 Å². The largest absolute Gasteiger partial charge is 0.471 e. The van der Waals surface area contributed by atoms with E-state index < -0.39 is 67.4 Å². The van der Waals surface area contributed by atoms with E-state index in [0.29, 0.717) is 16.9 Å². The highest BCUT2D eigenvalue weighted by Crippen LogP contribution is 2.23. The minimum absolute atomic E-state index is 0.0309. The van der Waals surface area contributed by atoms with Crippen molar-refractivity contribution in [2.24, 2.45) is 5.73 Å². The van der Waals surface area contributed by atoms with Gasteiger partial charge < -0.3 is 11.1 Å². The highest BCUT2D eigenvalue weighted by atomic mass is 32.2. The van der Waals surface area contributed by atoms with Crippen LogP contribution >= 0.6 is 0 Å². The summed E-state index contributed by atoms with van der Waals surface area (Å²) in [6.45, 7) is -1.57. The molecule has 4 aromatic carbocycles. The van der Waals surface area contributed by atoms with Gasteiger partial charge in [-0.05, 0) is 59.7 Å². The fourth-order valence-electron chi connectivity index (χ4n) is 4.55. The molecule has 0 heterocycles. The lowest BCUT2D eigenvalue weighted by atomic mass is 10.1. The SMILES string of the molecule is CS(=O)(=O)N(Cc1ccc(C(=O)CN)c(F)c1)c1ccccc1.CS(=O)(=O)N(Cc1ccc(C(=O)CNC(=O)C(F)(F)F)c(F)c1)c1ccccc1. The van der Waals surface area contributed by atoms with Gasteiger partial charge in [-0.1, -0.05) is 48.5 Å². The maximum absolute atomic E-state index is 14.3. The normalized spacial score (nSPS) is 11.5. The first-order valence-electron chi connectivity index (χ1n) is 15.0. The van der Waals surface area contributed by atoms with E-state index in [9.17, 15) is 53.2 Å². The van der Waals surface area contributed by atoms with Crippen molar-refractivity contribution in [2.45, 2.75) is 19.3 Å². The molecule has 11 nitrogen and oxygen atoms in total. The van der Waals surface area contributed by atoms with Gasteiger partial charge in [-0.15, -0.1) is 0 Å². The number of Topliss-reactive ketones (excluding diaryl/α,β-unsaturated/α-hetero) is 2. The van der Waals surface area contributed by atoms with Gasteiger partial charge in [-0.3, -0.25) is 23.0 Å². The van der Waals surface area contributed by atoms with Gasteiger partial charge >= 0.3 is 12.1 Å². The Bertz CT molecular complexity index is 2120. The number of carbonyl (C=O) groups excluding carboxylic acids is 3. The lowest BCUT2D eigenvalue weighted by Gasteiger charge is -2.22. The van der Waals surface area contributed by atoms with E-state index in [2.05, 4.69) is 0 Å². The van der Waals surface area contributed by atoms with Crippen LogP contribution in [0.25, 0.3) is 0 Å². The Balaban J connectivity index is 0.000000288. The molecule has 1 amide bonds. The number of carbonyl (C=O) groups is 3. The van der Waals surface area contributed by atoms with Gasteiger partial charge in [0.1, 0.15) is 11.6 Å². The van der Waals surface area contributed by atoms with E-state index in [4.69, 9.17) is 5.73 Å². The fourth-order valence-corrected chi connectivity index (χ4v) is 6.33. The van der Waals surface area contributed by atoms with Gasteiger partial charge in [0.25, 0.3) is 0 Å². The summed E-state index contributed by atoms with van der Waals surface area (Å²) < 4.78 is 115. The number of nitrogens with two attached hydrogens (primary N) is 1. The third-order valence-electron chi connectivity index (χ3n) is 7.06. The number of alkyl halides is 3. The van der Waals surface area contributed by atoms with Crippen LogP contribution in [0.5, 0.6) is 0 Å². The first kappa shape index (κ1) is 41.2. The summed E-state index contributed by atoms with van der Waals surface area (Å²) in [4.78, 5) is 34.1. The Morgan fingerprint density at radius 3 is 1.37 bits per heavy atom. The number of anilines is 2. The molecular weight excluding hydrogens is 736 g/mol. The monoisotopic (exact) mass is 768 g/mol. The lowest BCUT2D eigenvalue weighted by molar-refractivity contribution is -0.173. The van der Waals surface area contributed by atoms with Crippen LogP contribution in [0.2, 0.25) is 0 Å². The quantitative estimate of drug-likeness (QED) is 0.147. The summed E-state index contributed by atoms with van der Waals surface area (Å²) in [5.74, 6) is -5.63. The van der Waals surface area contributed by atoms with Crippen molar-refractivity contribution < 1.29 is 53.2 Å². The number of ketones is 2. The van der Waals surface area contributed by atoms with Crippen molar-refractivity contribution in [2.75, 3.05) is 34.2 Å². The molecule has 0 aliphatic carbocycles. The molecule has 3 N–H and O–H groups in total. The summed E-state index contributed by atoms with van der Waals surface area (Å²) in [6, 6.07) is 23.8. The Kier molecular flexibility index (Phi) is 13.7. The van der Waals surface area contributed by atoms with Gasteiger partial charge in [-0.25, -0.2) is 25.6 Å². The number of para-hydroxylation sites is 2. The summed E-state index contributed by atoms with van der Waals surface area (Å²) in [6.07, 6.45) is -3.09. The molecule has 0 aromatic heterocycles. The predicted octanol–water partition coefficient (Wildman–Crippen LogP) is 4.59. The molecule has 18 heteroatoms. The van der Waals surface area contributed by atoms with E-state index in [0.717, 1.165) is 35.0 Å². The second-order valence-electron chi connectivity index (χ2n) is 11.1. The summed E-state index contributed by atoms with van der Waals surface area (Å²) >= 11 is 0. The second-order valence-corrected chi connectivity index (χ2v) is 14.9. The lowest BCUT2D eigenvalue weighted by Crippen LogP contribution is -2.39. The third kappa shape index (κ3) is 11.7. The van der Waals surface area contributed by atoms with E-state index >= 15 is 0 Å². The number of rotatable bonds is 13. The molecule has 4 rings (SSSR count). The second kappa shape index (κ2) is 17.3. The topological polar surface area (TPSA) is 164 Å². The summed E-state index contributed by atoms with van der Waals surface area (Å²) in [5.41, 5.74) is 6.09. The first-order chi connectivity index (χ1) is 24.2. The molecule has 52 heavy (non-hydrogen) atoms. The van der Waals surface area contributed by atoms with Crippen molar-refractivity contribution in [1.82, 2.24) is 5.32 Å². The molecule has 278 valence electrons. The van der Waals surface area contributed by atoms with E-state index in [1.807, 2.05) is 0 Å². The van der Waals surface area contributed by atoms with E-state index in [1.165, 1.54) is 27.8 Å². The molecule has 0 saturated carbocycles.